The van der Waals surface area contributed by atoms with Gasteiger partial charge in [0.25, 0.3) is 0 Å². The number of ether oxygens (including phenoxy) is 1. The van der Waals surface area contributed by atoms with Gasteiger partial charge in [0.1, 0.15) is 16.5 Å². The van der Waals surface area contributed by atoms with Crippen molar-refractivity contribution in [2.45, 2.75) is 48.4 Å². The topological polar surface area (TPSA) is 77.2 Å². The quantitative estimate of drug-likeness (QED) is 0.452. The number of oxazole rings is 1. The third kappa shape index (κ3) is 5.68. The van der Waals surface area contributed by atoms with E-state index in [4.69, 9.17) is 20.8 Å². The molecule has 1 saturated carbocycles. The first-order chi connectivity index (χ1) is 15.5. The van der Waals surface area contributed by atoms with E-state index >= 15 is 0 Å². The summed E-state index contributed by atoms with van der Waals surface area (Å²) in [7, 11) is 1.44. The van der Waals surface area contributed by atoms with Crippen LogP contribution in [-0.2, 0) is 16.1 Å². The van der Waals surface area contributed by atoms with Crippen LogP contribution in [0.1, 0.15) is 31.4 Å². The molecule has 0 amide bonds. The van der Waals surface area contributed by atoms with Crippen molar-refractivity contribution in [3.8, 4) is 11.5 Å². The number of pyridine rings is 1. The Morgan fingerprint density at radius 3 is 2.62 bits per heavy atom. The zero-order valence-electron chi connectivity index (χ0n) is 17.5. The summed E-state index contributed by atoms with van der Waals surface area (Å²) >= 11 is 7.30. The second-order valence-electron chi connectivity index (χ2n) is 7.63. The van der Waals surface area contributed by atoms with Crippen molar-refractivity contribution in [2.75, 3.05) is 7.11 Å². The van der Waals surface area contributed by atoms with Gasteiger partial charge < -0.3 is 14.5 Å². The number of nitrogens with one attached hydrogen (secondary N) is 1. The molecule has 0 unspecified atom stereocenters. The van der Waals surface area contributed by atoms with Crippen LogP contribution in [0.25, 0.3) is 11.5 Å². The molecule has 0 saturated heterocycles. The van der Waals surface area contributed by atoms with E-state index in [9.17, 15) is 9.18 Å². The Balaban J connectivity index is 1.48. The molecule has 4 rings (SSSR count). The third-order valence-corrected chi connectivity index (χ3v) is 6.65. The molecule has 0 radical (unpaired) electrons. The maximum Gasteiger partial charge on any atom is 0.308 e. The first-order valence-corrected chi connectivity index (χ1v) is 11.6. The van der Waals surface area contributed by atoms with Gasteiger partial charge in [-0.05, 0) is 73.8 Å². The molecule has 0 aliphatic heterocycles. The lowest BCUT2D eigenvalue weighted by Gasteiger charge is -2.27. The number of aromatic nitrogens is 2. The minimum atomic E-state index is -0.315. The first-order valence-electron chi connectivity index (χ1n) is 10.4. The highest BCUT2D eigenvalue weighted by atomic mass is 35.5. The van der Waals surface area contributed by atoms with Gasteiger partial charge in [-0.3, -0.25) is 4.79 Å². The van der Waals surface area contributed by atoms with Crippen molar-refractivity contribution in [3.05, 3.63) is 59.1 Å². The van der Waals surface area contributed by atoms with Crippen LogP contribution in [-0.4, -0.2) is 29.1 Å². The van der Waals surface area contributed by atoms with Crippen molar-refractivity contribution < 1.29 is 18.3 Å². The standard InChI is InChI=1S/C23H23ClFN3O3S/c1-30-22(29)15-4-9-18(10-5-15)26-13-19-23(32-20-11-6-16(24)12-27-20)31-21(28-19)14-2-7-17(25)8-3-14/h2-3,6-8,11-12,15,18,26H,4-5,9-10,13H2,1H3. The molecular formula is C23H23ClFN3O3S. The summed E-state index contributed by atoms with van der Waals surface area (Å²) in [5.41, 5.74) is 1.45. The van der Waals surface area contributed by atoms with Crippen LogP contribution in [0, 0.1) is 11.7 Å². The Morgan fingerprint density at radius 2 is 1.97 bits per heavy atom. The third-order valence-electron chi connectivity index (χ3n) is 5.47. The molecule has 2 heterocycles. The Hall–Kier alpha value is -2.42. The van der Waals surface area contributed by atoms with Crippen LogP contribution < -0.4 is 5.32 Å². The fourth-order valence-electron chi connectivity index (χ4n) is 3.70. The van der Waals surface area contributed by atoms with E-state index in [0.29, 0.717) is 28.1 Å². The monoisotopic (exact) mass is 475 g/mol. The van der Waals surface area contributed by atoms with Gasteiger partial charge >= 0.3 is 5.97 Å². The van der Waals surface area contributed by atoms with Crippen LogP contribution >= 0.6 is 23.4 Å². The van der Waals surface area contributed by atoms with Crippen molar-refractivity contribution in [1.82, 2.24) is 15.3 Å². The minimum absolute atomic E-state index is 0.0164. The second kappa shape index (κ2) is 10.5. The molecule has 6 nitrogen and oxygen atoms in total. The first kappa shape index (κ1) is 22.8. The lowest BCUT2D eigenvalue weighted by molar-refractivity contribution is -0.146. The zero-order valence-corrected chi connectivity index (χ0v) is 19.1. The summed E-state index contributed by atoms with van der Waals surface area (Å²) in [5.74, 6) is -0.0345. The number of benzene rings is 1. The molecule has 1 aliphatic rings. The molecule has 168 valence electrons. The number of nitrogens with zero attached hydrogens (tertiary/aromatic N) is 2. The van der Waals surface area contributed by atoms with Crippen LogP contribution in [0.15, 0.2) is 57.1 Å². The highest BCUT2D eigenvalue weighted by molar-refractivity contribution is 7.99. The normalized spacial score (nSPS) is 18.5. The van der Waals surface area contributed by atoms with E-state index in [0.717, 1.165) is 36.4 Å². The van der Waals surface area contributed by atoms with E-state index < -0.39 is 0 Å². The molecule has 9 heteroatoms. The van der Waals surface area contributed by atoms with Gasteiger partial charge in [-0.1, -0.05) is 11.6 Å². The van der Waals surface area contributed by atoms with Crippen molar-refractivity contribution in [1.29, 1.82) is 0 Å². The highest BCUT2D eigenvalue weighted by Gasteiger charge is 2.27. The zero-order chi connectivity index (χ0) is 22.5. The highest BCUT2D eigenvalue weighted by Crippen LogP contribution is 2.34. The summed E-state index contributed by atoms with van der Waals surface area (Å²) < 4.78 is 24.2. The lowest BCUT2D eigenvalue weighted by Crippen LogP contribution is -2.35. The van der Waals surface area contributed by atoms with Gasteiger partial charge in [0, 0.05) is 24.3 Å². The smallest absolute Gasteiger partial charge is 0.308 e. The molecule has 2 aromatic heterocycles. The molecular weight excluding hydrogens is 453 g/mol. The molecule has 32 heavy (non-hydrogen) atoms. The predicted molar refractivity (Wildman–Crippen MR) is 120 cm³/mol. The van der Waals surface area contributed by atoms with Crippen LogP contribution in [0.3, 0.4) is 0 Å². The van der Waals surface area contributed by atoms with Gasteiger partial charge in [0.2, 0.25) is 5.89 Å². The second-order valence-corrected chi connectivity index (χ2v) is 9.06. The van der Waals surface area contributed by atoms with Crippen LogP contribution in [0.4, 0.5) is 4.39 Å². The van der Waals surface area contributed by atoms with E-state index in [1.165, 1.54) is 31.0 Å². The number of halogens is 2. The molecule has 1 aromatic carbocycles. The van der Waals surface area contributed by atoms with Gasteiger partial charge in [0.15, 0.2) is 5.09 Å². The molecule has 1 aliphatic carbocycles. The summed E-state index contributed by atoms with van der Waals surface area (Å²) in [5, 5.41) is 5.45. The number of hydrogen-bond acceptors (Lipinski definition) is 7. The van der Waals surface area contributed by atoms with E-state index in [2.05, 4.69) is 15.3 Å². The Kier molecular flexibility index (Phi) is 7.44. The van der Waals surface area contributed by atoms with E-state index in [1.807, 2.05) is 6.07 Å². The van der Waals surface area contributed by atoms with Gasteiger partial charge in [-0.15, -0.1) is 0 Å². The SMILES string of the molecule is COC(=O)C1CCC(NCc2nc(-c3ccc(F)cc3)oc2Sc2ccc(Cl)cn2)CC1. The van der Waals surface area contributed by atoms with E-state index in [-0.39, 0.29) is 23.7 Å². The Morgan fingerprint density at radius 1 is 1.22 bits per heavy atom. The number of hydrogen-bond donors (Lipinski definition) is 1. The lowest BCUT2D eigenvalue weighted by atomic mass is 9.86. The molecule has 1 fully saturated rings. The number of esters is 1. The molecule has 0 bridgehead atoms. The van der Waals surface area contributed by atoms with Crippen LogP contribution in [0.2, 0.25) is 5.02 Å². The summed E-state index contributed by atoms with van der Waals surface area (Å²) in [6, 6.07) is 9.91. The van der Waals surface area contributed by atoms with Gasteiger partial charge in [-0.2, -0.15) is 0 Å². The minimum Gasteiger partial charge on any atom is -0.469 e. The molecule has 3 aromatic rings. The Bertz CT molecular complexity index is 1050. The number of carbonyl (C=O) groups is 1. The maximum atomic E-state index is 13.3. The average Bonchev–Trinajstić information content (AvgIpc) is 3.22. The fraction of sp³-hybridized carbons (Fsp3) is 0.348. The van der Waals surface area contributed by atoms with Gasteiger partial charge in [-0.25, -0.2) is 14.4 Å². The number of methoxy groups -OCH3 is 1. The largest absolute Gasteiger partial charge is 0.469 e. The van der Waals surface area contributed by atoms with Crippen LogP contribution in [0.5, 0.6) is 0 Å². The molecule has 1 N–H and O–H groups in total. The number of rotatable bonds is 7. The number of carbonyl (C=O) groups excluding carboxylic acids is 1. The average molecular weight is 476 g/mol. The van der Waals surface area contributed by atoms with E-state index in [1.54, 1.807) is 24.4 Å². The fourth-order valence-corrected chi connectivity index (χ4v) is 4.60. The summed E-state index contributed by atoms with van der Waals surface area (Å²) in [6.07, 6.45) is 4.98. The molecule has 0 atom stereocenters. The molecule has 0 spiro atoms. The van der Waals surface area contributed by atoms with Crippen molar-refractivity contribution in [2.24, 2.45) is 5.92 Å². The van der Waals surface area contributed by atoms with Crippen molar-refractivity contribution >= 4 is 29.3 Å². The Labute approximate surface area is 194 Å². The summed E-state index contributed by atoms with van der Waals surface area (Å²) in [4.78, 5) is 20.7. The maximum absolute atomic E-state index is 13.3. The van der Waals surface area contributed by atoms with Gasteiger partial charge in [0.05, 0.1) is 18.1 Å². The van der Waals surface area contributed by atoms with Crippen molar-refractivity contribution in [3.63, 3.8) is 0 Å². The predicted octanol–water partition coefficient (Wildman–Crippen LogP) is 5.50. The summed E-state index contributed by atoms with van der Waals surface area (Å²) in [6.45, 7) is 0.508.